The molecule has 0 aliphatic heterocycles. The van der Waals surface area contributed by atoms with Gasteiger partial charge in [0.25, 0.3) is 0 Å². The van der Waals surface area contributed by atoms with E-state index in [-0.39, 0.29) is 5.78 Å². The van der Waals surface area contributed by atoms with Crippen molar-refractivity contribution in [3.05, 3.63) is 70.8 Å². The maximum Gasteiger partial charge on any atom is 0.186 e. The maximum atomic E-state index is 12.6. The molecule has 0 saturated heterocycles. The predicted molar refractivity (Wildman–Crippen MR) is 78.2 cm³/mol. The number of rotatable bonds is 3. The Morgan fingerprint density at radius 2 is 1.68 bits per heavy atom. The molecule has 2 heteroatoms. The molecular formula is C17H19NO. The predicted octanol–water partition coefficient (Wildman–Crippen LogP) is 3.36. The van der Waals surface area contributed by atoms with Gasteiger partial charge in [0.2, 0.25) is 0 Å². The molecule has 0 radical (unpaired) electrons. The number of carbonyl (C=O) groups is 1. The molecular weight excluding hydrogens is 234 g/mol. The summed E-state index contributed by atoms with van der Waals surface area (Å²) in [5, 5.41) is 0. The van der Waals surface area contributed by atoms with Gasteiger partial charge in [0.1, 0.15) is 5.54 Å². The van der Waals surface area contributed by atoms with E-state index in [2.05, 4.69) is 6.07 Å². The molecule has 2 aromatic carbocycles. The van der Waals surface area contributed by atoms with Crippen LogP contribution in [0.15, 0.2) is 48.5 Å². The Morgan fingerprint density at radius 3 is 2.26 bits per heavy atom. The zero-order valence-corrected chi connectivity index (χ0v) is 11.6. The van der Waals surface area contributed by atoms with Gasteiger partial charge < -0.3 is 5.73 Å². The van der Waals surface area contributed by atoms with E-state index >= 15 is 0 Å². The van der Waals surface area contributed by atoms with Gasteiger partial charge in [-0.25, -0.2) is 0 Å². The van der Waals surface area contributed by atoms with Crippen molar-refractivity contribution in [2.45, 2.75) is 26.3 Å². The summed E-state index contributed by atoms with van der Waals surface area (Å²) < 4.78 is 0. The van der Waals surface area contributed by atoms with Gasteiger partial charge in [-0.05, 0) is 31.9 Å². The van der Waals surface area contributed by atoms with E-state index in [0.29, 0.717) is 5.56 Å². The summed E-state index contributed by atoms with van der Waals surface area (Å²) in [6.07, 6.45) is 0. The first-order valence-electron chi connectivity index (χ1n) is 6.39. The first-order chi connectivity index (χ1) is 8.93. The van der Waals surface area contributed by atoms with Crippen LogP contribution in [-0.2, 0) is 5.54 Å². The van der Waals surface area contributed by atoms with Crippen LogP contribution in [0, 0.1) is 13.8 Å². The topological polar surface area (TPSA) is 43.1 Å². The van der Waals surface area contributed by atoms with Crippen molar-refractivity contribution < 1.29 is 4.79 Å². The van der Waals surface area contributed by atoms with Gasteiger partial charge in [-0.15, -0.1) is 0 Å². The summed E-state index contributed by atoms with van der Waals surface area (Å²) in [5.74, 6) is -0.0555. The fraction of sp³-hybridized carbons (Fsp3) is 0.235. The quantitative estimate of drug-likeness (QED) is 0.852. The summed E-state index contributed by atoms with van der Waals surface area (Å²) in [6.45, 7) is 5.80. The van der Waals surface area contributed by atoms with Gasteiger partial charge in [0, 0.05) is 5.56 Å². The van der Waals surface area contributed by atoms with Crippen LogP contribution in [0.3, 0.4) is 0 Å². The second-order valence-corrected chi connectivity index (χ2v) is 5.22. The van der Waals surface area contributed by atoms with Crippen molar-refractivity contribution in [1.82, 2.24) is 0 Å². The number of hydrogen-bond acceptors (Lipinski definition) is 2. The highest BCUT2D eigenvalue weighted by molar-refractivity contribution is 6.03. The summed E-state index contributed by atoms with van der Waals surface area (Å²) in [5.41, 5.74) is 9.06. The summed E-state index contributed by atoms with van der Waals surface area (Å²) in [4.78, 5) is 12.6. The number of Topliss-reactive ketones (excluding diaryl/α,β-unsaturated/α-hetero) is 1. The number of nitrogens with two attached hydrogens (primary N) is 1. The highest BCUT2D eigenvalue weighted by Crippen LogP contribution is 2.26. The molecule has 2 rings (SSSR count). The van der Waals surface area contributed by atoms with Crippen molar-refractivity contribution >= 4 is 5.78 Å². The minimum Gasteiger partial charge on any atom is -0.315 e. The third kappa shape index (κ3) is 2.59. The Hall–Kier alpha value is -1.93. The van der Waals surface area contributed by atoms with Gasteiger partial charge >= 0.3 is 0 Å². The molecule has 0 saturated carbocycles. The van der Waals surface area contributed by atoms with E-state index in [1.807, 2.05) is 44.2 Å². The fourth-order valence-corrected chi connectivity index (χ4v) is 2.41. The zero-order chi connectivity index (χ0) is 14.0. The van der Waals surface area contributed by atoms with Crippen LogP contribution in [0.2, 0.25) is 0 Å². The lowest BCUT2D eigenvalue weighted by atomic mass is 9.82. The Kier molecular flexibility index (Phi) is 3.54. The second-order valence-electron chi connectivity index (χ2n) is 5.22. The monoisotopic (exact) mass is 253 g/mol. The lowest BCUT2D eigenvalue weighted by Crippen LogP contribution is -2.42. The highest BCUT2D eigenvalue weighted by atomic mass is 16.1. The van der Waals surface area contributed by atoms with Crippen molar-refractivity contribution in [2.75, 3.05) is 0 Å². The van der Waals surface area contributed by atoms with Crippen molar-refractivity contribution in [2.24, 2.45) is 5.73 Å². The number of aryl methyl sites for hydroxylation is 2. The zero-order valence-electron chi connectivity index (χ0n) is 11.6. The molecule has 0 aliphatic rings. The molecule has 0 bridgehead atoms. The molecule has 2 aromatic rings. The highest BCUT2D eigenvalue weighted by Gasteiger charge is 2.32. The molecule has 0 aliphatic carbocycles. The van der Waals surface area contributed by atoms with E-state index < -0.39 is 5.54 Å². The van der Waals surface area contributed by atoms with Gasteiger partial charge in [-0.3, -0.25) is 4.79 Å². The summed E-state index contributed by atoms with van der Waals surface area (Å²) >= 11 is 0. The van der Waals surface area contributed by atoms with Gasteiger partial charge in [0.15, 0.2) is 5.78 Å². The molecule has 0 fully saturated rings. The smallest absolute Gasteiger partial charge is 0.186 e. The molecule has 0 amide bonds. The van der Waals surface area contributed by atoms with E-state index in [4.69, 9.17) is 5.73 Å². The minimum atomic E-state index is -1.00. The standard InChI is InChI=1S/C17H19NO/c1-12-9-10-15(13(2)11-12)17(3,18)16(19)14-7-5-4-6-8-14/h4-11H,18H2,1-3H3. The molecule has 2 nitrogen and oxygen atoms in total. The lowest BCUT2D eigenvalue weighted by molar-refractivity contribution is 0.0899. The molecule has 2 N–H and O–H groups in total. The van der Waals surface area contributed by atoms with Crippen LogP contribution < -0.4 is 5.73 Å². The van der Waals surface area contributed by atoms with Crippen LogP contribution in [-0.4, -0.2) is 5.78 Å². The Balaban J connectivity index is 2.45. The van der Waals surface area contributed by atoms with Crippen molar-refractivity contribution in [3.63, 3.8) is 0 Å². The molecule has 98 valence electrons. The molecule has 0 spiro atoms. The van der Waals surface area contributed by atoms with E-state index in [0.717, 1.165) is 11.1 Å². The Bertz CT molecular complexity index is 600. The maximum absolute atomic E-state index is 12.6. The lowest BCUT2D eigenvalue weighted by Gasteiger charge is -2.26. The van der Waals surface area contributed by atoms with E-state index in [9.17, 15) is 4.79 Å². The third-order valence-corrected chi connectivity index (χ3v) is 3.45. The molecule has 1 atom stereocenters. The van der Waals surface area contributed by atoms with Crippen LogP contribution in [0.5, 0.6) is 0 Å². The normalized spacial score (nSPS) is 13.9. The average Bonchev–Trinajstić information content (AvgIpc) is 2.38. The van der Waals surface area contributed by atoms with Crippen LogP contribution in [0.4, 0.5) is 0 Å². The fourth-order valence-electron chi connectivity index (χ4n) is 2.41. The molecule has 1 unspecified atom stereocenters. The minimum absolute atomic E-state index is 0.0555. The molecule has 0 heterocycles. The number of carbonyl (C=O) groups excluding carboxylic acids is 1. The van der Waals surface area contributed by atoms with Crippen molar-refractivity contribution in [3.8, 4) is 0 Å². The van der Waals surface area contributed by atoms with E-state index in [1.54, 1.807) is 19.1 Å². The van der Waals surface area contributed by atoms with Crippen LogP contribution in [0.25, 0.3) is 0 Å². The van der Waals surface area contributed by atoms with Gasteiger partial charge in [-0.1, -0.05) is 54.1 Å². The number of benzene rings is 2. The van der Waals surface area contributed by atoms with Gasteiger partial charge in [-0.2, -0.15) is 0 Å². The number of hydrogen-bond donors (Lipinski definition) is 1. The Labute approximate surface area is 114 Å². The first-order valence-corrected chi connectivity index (χ1v) is 6.39. The van der Waals surface area contributed by atoms with Crippen molar-refractivity contribution in [1.29, 1.82) is 0 Å². The molecule has 0 aromatic heterocycles. The third-order valence-electron chi connectivity index (χ3n) is 3.45. The molecule has 19 heavy (non-hydrogen) atoms. The largest absolute Gasteiger partial charge is 0.315 e. The second kappa shape index (κ2) is 4.98. The summed E-state index contributed by atoms with van der Waals surface area (Å²) in [7, 11) is 0. The number of ketones is 1. The summed E-state index contributed by atoms with van der Waals surface area (Å²) in [6, 6.07) is 15.2. The van der Waals surface area contributed by atoms with E-state index in [1.165, 1.54) is 5.56 Å². The van der Waals surface area contributed by atoms with Crippen LogP contribution >= 0.6 is 0 Å². The van der Waals surface area contributed by atoms with Crippen LogP contribution in [0.1, 0.15) is 34.0 Å². The Morgan fingerprint density at radius 1 is 1.05 bits per heavy atom. The first kappa shape index (κ1) is 13.5. The van der Waals surface area contributed by atoms with Gasteiger partial charge in [0.05, 0.1) is 0 Å². The average molecular weight is 253 g/mol. The SMILES string of the molecule is Cc1ccc(C(C)(N)C(=O)c2ccccc2)c(C)c1.